The Kier molecular flexibility index (Phi) is 10.4. The zero-order valence-electron chi connectivity index (χ0n) is 25.9. The van der Waals surface area contributed by atoms with Gasteiger partial charge in [0, 0.05) is 18.5 Å². The molecule has 44 heavy (non-hydrogen) atoms. The number of hydrogen-bond acceptors (Lipinski definition) is 7. The molecule has 13 heteroatoms. The molecule has 2 aliphatic heterocycles. The van der Waals surface area contributed by atoms with Gasteiger partial charge in [-0.2, -0.15) is 13.1 Å². The van der Waals surface area contributed by atoms with Crippen molar-refractivity contribution in [2.75, 3.05) is 6.54 Å². The van der Waals surface area contributed by atoms with E-state index in [0.29, 0.717) is 38.6 Å². The lowest BCUT2D eigenvalue weighted by Gasteiger charge is -2.30. The normalized spacial score (nSPS) is 27.1. The fourth-order valence-electron chi connectivity index (χ4n) is 5.83. The summed E-state index contributed by atoms with van der Waals surface area (Å²) in [6.07, 6.45) is 7.71. The molecule has 0 unspecified atom stereocenters. The van der Waals surface area contributed by atoms with Gasteiger partial charge in [0.1, 0.15) is 23.2 Å². The molecule has 1 aliphatic carbocycles. The van der Waals surface area contributed by atoms with Gasteiger partial charge in [-0.05, 0) is 71.8 Å². The van der Waals surface area contributed by atoms with Crippen molar-refractivity contribution < 1.29 is 32.3 Å². The number of carbonyl (C=O) groups excluding carboxylic acids is 4. The molecular formula is C31H45N5O7S. The van der Waals surface area contributed by atoms with Gasteiger partial charge in [-0.25, -0.2) is 9.52 Å². The van der Waals surface area contributed by atoms with Crippen molar-refractivity contribution in [3.05, 3.63) is 48.0 Å². The zero-order chi connectivity index (χ0) is 32.1. The van der Waals surface area contributed by atoms with E-state index < -0.39 is 63.3 Å². The van der Waals surface area contributed by atoms with Crippen LogP contribution in [0.15, 0.2) is 42.5 Å². The minimum atomic E-state index is -4.27. The van der Waals surface area contributed by atoms with Gasteiger partial charge < -0.3 is 20.3 Å². The Morgan fingerprint density at radius 2 is 1.80 bits per heavy atom. The Hall–Kier alpha value is -3.45. The van der Waals surface area contributed by atoms with Gasteiger partial charge in [-0.1, -0.05) is 55.3 Å². The minimum absolute atomic E-state index is 0.230. The highest BCUT2D eigenvalue weighted by Gasteiger charge is 2.61. The number of ether oxygens (including phenoxy) is 1. The molecule has 0 radical (unpaired) electrons. The van der Waals surface area contributed by atoms with E-state index in [9.17, 15) is 27.6 Å². The molecule has 4 amide bonds. The quantitative estimate of drug-likeness (QED) is 0.351. The highest BCUT2D eigenvalue weighted by molar-refractivity contribution is 7.88. The third-order valence-corrected chi connectivity index (χ3v) is 9.30. The molecule has 1 aromatic rings. The summed E-state index contributed by atoms with van der Waals surface area (Å²) in [7, 11) is -4.27. The molecular weight excluding hydrogens is 586 g/mol. The van der Waals surface area contributed by atoms with Crippen molar-refractivity contribution in [1.29, 1.82) is 0 Å². The zero-order valence-corrected chi connectivity index (χ0v) is 26.7. The topological polar surface area (TPSA) is 163 Å². The summed E-state index contributed by atoms with van der Waals surface area (Å²) < 4.78 is 35.9. The number of nitrogens with zero attached hydrogens (tertiary/aromatic N) is 1. The van der Waals surface area contributed by atoms with Crippen LogP contribution in [0.5, 0.6) is 0 Å². The predicted molar refractivity (Wildman–Crippen MR) is 164 cm³/mol. The van der Waals surface area contributed by atoms with Crippen LogP contribution in [0, 0.1) is 5.92 Å². The van der Waals surface area contributed by atoms with E-state index in [1.807, 2.05) is 18.2 Å². The highest BCUT2D eigenvalue weighted by Crippen LogP contribution is 2.45. The summed E-state index contributed by atoms with van der Waals surface area (Å²) in [6.45, 7) is 7.20. The molecule has 1 saturated heterocycles. The second-order valence-electron chi connectivity index (χ2n) is 12.9. The lowest BCUT2D eigenvalue weighted by atomic mass is 10.0. The van der Waals surface area contributed by atoms with Gasteiger partial charge in [0.15, 0.2) is 0 Å². The third kappa shape index (κ3) is 8.59. The third-order valence-electron chi connectivity index (χ3n) is 8.18. The number of rotatable bonds is 6. The maximum atomic E-state index is 13.7. The first-order valence-electron chi connectivity index (χ1n) is 15.4. The summed E-state index contributed by atoms with van der Waals surface area (Å²) in [5, 5.41) is 5.53. The molecule has 242 valence electrons. The average molecular weight is 632 g/mol. The Morgan fingerprint density at radius 3 is 2.50 bits per heavy atom. The van der Waals surface area contributed by atoms with Crippen molar-refractivity contribution >= 4 is 34.0 Å². The molecule has 4 N–H and O–H groups in total. The summed E-state index contributed by atoms with van der Waals surface area (Å²) >= 11 is 0. The average Bonchev–Trinajstić information content (AvgIpc) is 3.40. The van der Waals surface area contributed by atoms with Gasteiger partial charge >= 0.3 is 16.3 Å². The second kappa shape index (κ2) is 13.7. The van der Waals surface area contributed by atoms with E-state index in [-0.39, 0.29) is 12.3 Å². The Balaban J connectivity index is 1.52. The standard InChI is InChI=1S/C31H45N5O7S/c1-21(22-14-9-8-10-15-22)34-44(41,42)35-28(39)31-20-23(31)16-11-6-5-7-12-17-24(32-29(40)43-30(2,3)4)27(38)36-19-13-18-25(36)26(37)33-31/h8-11,14-16,21,23-25,34H,5-7,12-13,17-20H2,1-4H3,(H,32,40)(H,33,37)(H,35,39)/t21-,23+,24-,25-,31+/m0/s1. The van der Waals surface area contributed by atoms with Crippen LogP contribution >= 0.6 is 0 Å². The molecule has 2 fully saturated rings. The van der Waals surface area contributed by atoms with E-state index in [1.54, 1.807) is 52.0 Å². The predicted octanol–water partition coefficient (Wildman–Crippen LogP) is 2.98. The van der Waals surface area contributed by atoms with Crippen LogP contribution in [-0.2, 0) is 29.3 Å². The largest absolute Gasteiger partial charge is 0.444 e. The van der Waals surface area contributed by atoms with Crippen molar-refractivity contribution in [1.82, 2.24) is 25.0 Å². The van der Waals surface area contributed by atoms with Gasteiger partial charge in [-0.3, -0.25) is 14.4 Å². The minimum Gasteiger partial charge on any atom is -0.444 e. The van der Waals surface area contributed by atoms with Gasteiger partial charge in [0.25, 0.3) is 5.91 Å². The van der Waals surface area contributed by atoms with Crippen LogP contribution in [0.2, 0.25) is 0 Å². The molecule has 0 bridgehead atoms. The van der Waals surface area contributed by atoms with Crippen LogP contribution in [0.25, 0.3) is 0 Å². The van der Waals surface area contributed by atoms with E-state index >= 15 is 0 Å². The number of hydrogen-bond donors (Lipinski definition) is 4. The molecule has 3 aliphatic rings. The summed E-state index contributed by atoms with van der Waals surface area (Å²) in [5.74, 6) is -2.15. The lowest BCUT2D eigenvalue weighted by molar-refractivity contribution is -0.141. The van der Waals surface area contributed by atoms with Gasteiger partial charge in [-0.15, -0.1) is 0 Å². The molecule has 0 spiro atoms. The van der Waals surface area contributed by atoms with E-state index in [0.717, 1.165) is 18.4 Å². The van der Waals surface area contributed by atoms with Crippen molar-refractivity contribution in [2.24, 2.45) is 5.92 Å². The molecule has 12 nitrogen and oxygen atoms in total. The number of amides is 4. The molecule has 0 aromatic heterocycles. The maximum absolute atomic E-state index is 13.7. The SMILES string of the molecule is C[C@H](NS(=O)(=O)NC(=O)[C@@]12C[C@H]1C=CCCCCC[C@H](NC(=O)OC(C)(C)C)C(=O)N1CCC[C@H]1C(=O)N2)c1ccccc1. The lowest BCUT2D eigenvalue weighted by Crippen LogP contribution is -2.59. The van der Waals surface area contributed by atoms with Crippen LogP contribution in [-0.4, -0.2) is 66.9 Å². The number of nitrogens with one attached hydrogen (secondary N) is 4. The first kappa shape index (κ1) is 33.4. The van der Waals surface area contributed by atoms with Crippen LogP contribution in [0.4, 0.5) is 4.79 Å². The molecule has 5 atom stereocenters. The van der Waals surface area contributed by atoms with Crippen LogP contribution in [0.3, 0.4) is 0 Å². The summed E-state index contributed by atoms with van der Waals surface area (Å²) in [4.78, 5) is 55.0. The highest BCUT2D eigenvalue weighted by atomic mass is 32.2. The molecule has 2 heterocycles. The van der Waals surface area contributed by atoms with E-state index in [2.05, 4.69) is 20.1 Å². The molecule has 4 rings (SSSR count). The van der Waals surface area contributed by atoms with Crippen molar-refractivity contribution in [3.8, 4) is 0 Å². The smallest absolute Gasteiger partial charge is 0.408 e. The number of carbonyl (C=O) groups is 4. The fourth-order valence-corrected chi connectivity index (χ4v) is 6.92. The van der Waals surface area contributed by atoms with E-state index in [4.69, 9.17) is 4.74 Å². The molecule has 1 saturated carbocycles. The van der Waals surface area contributed by atoms with Gasteiger partial charge in [0.05, 0.1) is 0 Å². The Labute approximate surface area is 259 Å². The van der Waals surface area contributed by atoms with E-state index in [1.165, 1.54) is 4.90 Å². The maximum Gasteiger partial charge on any atom is 0.408 e. The van der Waals surface area contributed by atoms with Gasteiger partial charge in [0.2, 0.25) is 11.8 Å². The number of fused-ring (bicyclic) bond motifs is 2. The number of allylic oxidation sites excluding steroid dienone is 1. The first-order valence-corrected chi connectivity index (χ1v) is 16.9. The molecule has 1 aromatic carbocycles. The first-order chi connectivity index (χ1) is 20.7. The van der Waals surface area contributed by atoms with Crippen molar-refractivity contribution in [2.45, 2.75) is 108 Å². The number of alkyl carbamates (subject to hydrolysis) is 1. The van der Waals surface area contributed by atoms with Crippen LogP contribution < -0.4 is 20.1 Å². The Bertz CT molecular complexity index is 1360. The fraction of sp³-hybridized carbons (Fsp3) is 0.613. The van der Waals surface area contributed by atoms with Crippen LogP contribution in [0.1, 0.15) is 90.7 Å². The monoisotopic (exact) mass is 631 g/mol. The number of benzene rings is 1. The van der Waals surface area contributed by atoms with Crippen molar-refractivity contribution in [3.63, 3.8) is 0 Å². The summed E-state index contributed by atoms with van der Waals surface area (Å²) in [5.41, 5.74) is -1.49. The Morgan fingerprint density at radius 1 is 1.07 bits per heavy atom. The summed E-state index contributed by atoms with van der Waals surface area (Å²) in [6, 6.07) is 6.62. The second-order valence-corrected chi connectivity index (χ2v) is 14.4.